The number of hydrogen-bond acceptors (Lipinski definition) is 8. The van der Waals surface area contributed by atoms with Crippen LogP contribution in [0.1, 0.15) is 19.8 Å². The molecule has 1 amide bonds. The maximum atomic E-state index is 12.8. The Labute approximate surface area is 162 Å². The summed E-state index contributed by atoms with van der Waals surface area (Å²) in [7, 11) is 0. The lowest BCUT2D eigenvalue weighted by atomic mass is 9.93. The van der Waals surface area contributed by atoms with E-state index < -0.39 is 0 Å². The summed E-state index contributed by atoms with van der Waals surface area (Å²) < 4.78 is 6.68. The molecule has 0 radical (unpaired) electrons. The minimum absolute atomic E-state index is 0.0780. The van der Waals surface area contributed by atoms with Gasteiger partial charge in [0.15, 0.2) is 5.82 Å². The molecule has 10 heteroatoms. The second-order valence-corrected chi connectivity index (χ2v) is 7.05. The summed E-state index contributed by atoms with van der Waals surface area (Å²) >= 11 is 0. The highest BCUT2D eigenvalue weighted by Crippen LogP contribution is 2.27. The van der Waals surface area contributed by atoms with Gasteiger partial charge in [0.25, 0.3) is 0 Å². The quantitative estimate of drug-likeness (QED) is 0.677. The van der Waals surface area contributed by atoms with Crippen LogP contribution in [0.4, 0.5) is 5.82 Å². The van der Waals surface area contributed by atoms with Crippen LogP contribution in [-0.4, -0.2) is 74.3 Å². The van der Waals surface area contributed by atoms with Crippen molar-refractivity contribution in [3.8, 4) is 5.82 Å². The van der Waals surface area contributed by atoms with Crippen LogP contribution < -0.4 is 4.90 Å². The van der Waals surface area contributed by atoms with E-state index in [1.165, 1.54) is 12.7 Å². The first kappa shape index (κ1) is 18.3. The van der Waals surface area contributed by atoms with E-state index in [2.05, 4.69) is 20.1 Å². The Morgan fingerprint density at radius 1 is 1.14 bits per heavy atom. The van der Waals surface area contributed by atoms with Gasteiger partial charge >= 0.3 is 5.97 Å². The van der Waals surface area contributed by atoms with Crippen molar-refractivity contribution in [1.29, 1.82) is 0 Å². The van der Waals surface area contributed by atoms with Gasteiger partial charge in [0.05, 0.1) is 18.4 Å². The lowest BCUT2D eigenvalue weighted by Gasteiger charge is -2.42. The Morgan fingerprint density at radius 3 is 2.71 bits per heavy atom. The number of aromatic nitrogens is 5. The second-order valence-electron chi connectivity index (χ2n) is 7.05. The monoisotopic (exact) mass is 385 g/mol. The number of anilines is 1. The molecule has 2 aromatic rings. The van der Waals surface area contributed by atoms with Crippen molar-refractivity contribution in [3.63, 3.8) is 0 Å². The van der Waals surface area contributed by atoms with Gasteiger partial charge in [-0.05, 0) is 19.8 Å². The molecule has 148 valence electrons. The maximum absolute atomic E-state index is 12.8. The van der Waals surface area contributed by atoms with Gasteiger partial charge in [0.1, 0.15) is 24.8 Å². The van der Waals surface area contributed by atoms with E-state index in [9.17, 15) is 9.59 Å². The third-order valence-electron chi connectivity index (χ3n) is 5.20. The summed E-state index contributed by atoms with van der Waals surface area (Å²) in [6.07, 6.45) is 6.12. The molecule has 1 atom stereocenters. The van der Waals surface area contributed by atoms with Crippen LogP contribution in [0.5, 0.6) is 0 Å². The molecule has 0 aromatic carbocycles. The molecule has 4 rings (SSSR count). The van der Waals surface area contributed by atoms with Crippen LogP contribution in [0.25, 0.3) is 5.82 Å². The van der Waals surface area contributed by atoms with Crippen molar-refractivity contribution in [2.45, 2.75) is 19.8 Å². The van der Waals surface area contributed by atoms with Crippen molar-refractivity contribution in [2.75, 3.05) is 37.7 Å². The van der Waals surface area contributed by atoms with Gasteiger partial charge in [0, 0.05) is 32.2 Å². The van der Waals surface area contributed by atoms with Crippen LogP contribution >= 0.6 is 0 Å². The lowest BCUT2D eigenvalue weighted by Crippen LogP contribution is -2.56. The van der Waals surface area contributed by atoms with Gasteiger partial charge < -0.3 is 14.5 Å². The van der Waals surface area contributed by atoms with Crippen molar-refractivity contribution < 1.29 is 14.3 Å². The molecule has 2 aliphatic heterocycles. The Bertz CT molecular complexity index is 835. The lowest BCUT2D eigenvalue weighted by molar-refractivity contribution is -0.152. The Kier molecular flexibility index (Phi) is 5.18. The van der Waals surface area contributed by atoms with E-state index in [0.717, 1.165) is 18.7 Å². The average molecular weight is 385 g/mol. The Morgan fingerprint density at radius 2 is 1.96 bits per heavy atom. The number of carbonyl (C=O) groups excluding carboxylic acids is 2. The van der Waals surface area contributed by atoms with Gasteiger partial charge in [-0.25, -0.2) is 19.6 Å². The summed E-state index contributed by atoms with van der Waals surface area (Å²) in [5.41, 5.74) is 0. The fourth-order valence-electron chi connectivity index (χ4n) is 3.67. The zero-order valence-corrected chi connectivity index (χ0v) is 15.8. The number of esters is 1. The summed E-state index contributed by atoms with van der Waals surface area (Å²) in [6, 6.07) is 1.83. The first-order chi connectivity index (χ1) is 13.7. The van der Waals surface area contributed by atoms with Crippen LogP contribution in [0.15, 0.2) is 25.0 Å². The molecule has 2 aliphatic rings. The van der Waals surface area contributed by atoms with Crippen molar-refractivity contribution in [3.05, 3.63) is 25.0 Å². The number of piperidine rings is 1. The number of rotatable bonds is 5. The summed E-state index contributed by atoms with van der Waals surface area (Å²) in [5.74, 6) is 1.01. The molecule has 28 heavy (non-hydrogen) atoms. The van der Waals surface area contributed by atoms with Gasteiger partial charge in [-0.2, -0.15) is 5.10 Å². The number of ether oxygens (including phenoxy) is 1. The molecule has 2 aromatic heterocycles. The first-order valence-electron chi connectivity index (χ1n) is 9.53. The van der Waals surface area contributed by atoms with Crippen LogP contribution in [0.2, 0.25) is 0 Å². The molecule has 0 unspecified atom stereocenters. The number of carbonyl (C=O) groups is 2. The molecule has 4 heterocycles. The standard InChI is InChI=1S/C18H23N7O3/c1-2-28-18(27)13-4-3-5-23(7-13)17(26)14-8-24(9-14)15-6-16(21-11-20-15)25-12-19-10-22-25/h6,10-14H,2-5,7-9H2,1H3/t13-/m0/s1. The summed E-state index contributed by atoms with van der Waals surface area (Å²) in [6.45, 7) is 4.54. The zero-order valence-electron chi connectivity index (χ0n) is 15.8. The van der Waals surface area contributed by atoms with Crippen LogP contribution in [-0.2, 0) is 14.3 Å². The van der Waals surface area contributed by atoms with Crippen LogP contribution in [0, 0.1) is 11.8 Å². The molecule has 2 fully saturated rings. The maximum Gasteiger partial charge on any atom is 0.310 e. The highest BCUT2D eigenvalue weighted by molar-refractivity contribution is 5.83. The van der Waals surface area contributed by atoms with E-state index in [1.54, 1.807) is 17.9 Å². The molecular weight excluding hydrogens is 362 g/mol. The largest absolute Gasteiger partial charge is 0.466 e. The highest BCUT2D eigenvalue weighted by atomic mass is 16.5. The molecule has 0 spiro atoms. The minimum atomic E-state index is -0.207. The number of amides is 1. The van der Waals surface area contributed by atoms with E-state index in [1.807, 2.05) is 15.9 Å². The summed E-state index contributed by atoms with van der Waals surface area (Å²) in [5, 5.41) is 4.07. The SMILES string of the molecule is CCOC(=O)[C@H]1CCCN(C(=O)C2CN(c3cc(-n4cncn4)ncn3)C2)C1. The van der Waals surface area contributed by atoms with Crippen molar-refractivity contribution in [1.82, 2.24) is 29.6 Å². The van der Waals surface area contributed by atoms with Gasteiger partial charge in [-0.1, -0.05) is 0 Å². The van der Waals surface area contributed by atoms with Gasteiger partial charge in [-0.15, -0.1) is 0 Å². The Balaban J connectivity index is 1.34. The predicted molar refractivity (Wildman–Crippen MR) is 98.6 cm³/mol. The van der Waals surface area contributed by atoms with E-state index in [0.29, 0.717) is 38.6 Å². The van der Waals surface area contributed by atoms with Gasteiger partial charge in [0.2, 0.25) is 5.91 Å². The minimum Gasteiger partial charge on any atom is -0.466 e. The summed E-state index contributed by atoms with van der Waals surface area (Å²) in [4.78, 5) is 41.1. The third kappa shape index (κ3) is 3.67. The molecule has 0 saturated carbocycles. The fraction of sp³-hybridized carbons (Fsp3) is 0.556. The fourth-order valence-corrected chi connectivity index (χ4v) is 3.67. The molecule has 10 nitrogen and oxygen atoms in total. The zero-order chi connectivity index (χ0) is 19.5. The van der Waals surface area contributed by atoms with E-state index in [4.69, 9.17) is 4.74 Å². The van der Waals surface area contributed by atoms with E-state index in [-0.39, 0.29) is 23.7 Å². The van der Waals surface area contributed by atoms with Crippen LogP contribution in [0.3, 0.4) is 0 Å². The number of hydrogen-bond donors (Lipinski definition) is 0. The first-order valence-corrected chi connectivity index (χ1v) is 9.53. The van der Waals surface area contributed by atoms with Gasteiger partial charge in [-0.3, -0.25) is 9.59 Å². The molecule has 0 bridgehead atoms. The van der Waals surface area contributed by atoms with Crippen molar-refractivity contribution in [2.24, 2.45) is 11.8 Å². The number of likely N-dealkylation sites (tertiary alicyclic amines) is 1. The topological polar surface area (TPSA) is 106 Å². The Hall–Kier alpha value is -3.04. The third-order valence-corrected chi connectivity index (χ3v) is 5.20. The van der Waals surface area contributed by atoms with Crippen molar-refractivity contribution >= 4 is 17.7 Å². The molecular formula is C18H23N7O3. The average Bonchev–Trinajstić information content (AvgIpc) is 3.22. The smallest absolute Gasteiger partial charge is 0.310 e. The molecule has 2 saturated heterocycles. The molecule has 0 aliphatic carbocycles. The highest BCUT2D eigenvalue weighted by Gasteiger charge is 2.38. The normalized spacial score (nSPS) is 20.0. The van der Waals surface area contributed by atoms with E-state index >= 15 is 0 Å². The second kappa shape index (κ2) is 7.91. The molecule has 0 N–H and O–H groups in total. The predicted octanol–water partition coefficient (Wildman–Crippen LogP) is 0.295. The number of nitrogens with zero attached hydrogens (tertiary/aromatic N) is 7.